The molecule has 3 heterocycles. The molecule has 0 atom stereocenters. The highest BCUT2D eigenvalue weighted by molar-refractivity contribution is 7.93. The molecular formula is C18H15N5O4S. The Morgan fingerprint density at radius 3 is 2.82 bits per heavy atom. The maximum absolute atomic E-state index is 12.9. The molecule has 0 spiro atoms. The summed E-state index contributed by atoms with van der Waals surface area (Å²) in [6.07, 6.45) is 4.32. The molecule has 4 aromatic rings. The topological polar surface area (TPSA) is 130 Å². The number of nitrogens with zero attached hydrogens (tertiary/aromatic N) is 2. The van der Waals surface area contributed by atoms with Gasteiger partial charge in [-0.2, -0.15) is 5.10 Å². The maximum atomic E-state index is 12.9. The number of carbonyl (C=O) groups excluding carboxylic acids is 1. The minimum absolute atomic E-state index is 0.00810. The highest BCUT2D eigenvalue weighted by Gasteiger charge is 2.23. The monoisotopic (exact) mass is 397 g/mol. The van der Waals surface area contributed by atoms with Gasteiger partial charge < -0.3 is 9.73 Å². The van der Waals surface area contributed by atoms with E-state index in [1.165, 1.54) is 24.7 Å². The van der Waals surface area contributed by atoms with Gasteiger partial charge in [0, 0.05) is 17.8 Å². The van der Waals surface area contributed by atoms with E-state index in [0.29, 0.717) is 16.7 Å². The highest BCUT2D eigenvalue weighted by Crippen LogP contribution is 2.24. The first kappa shape index (κ1) is 17.7. The third-order valence-corrected chi connectivity index (χ3v) is 5.39. The summed E-state index contributed by atoms with van der Waals surface area (Å²) in [6, 6.07) is 11.8. The van der Waals surface area contributed by atoms with Gasteiger partial charge in [-0.3, -0.25) is 19.6 Å². The first-order chi connectivity index (χ1) is 13.5. The van der Waals surface area contributed by atoms with Crippen molar-refractivity contribution in [2.24, 2.45) is 0 Å². The number of rotatable bonds is 6. The van der Waals surface area contributed by atoms with Crippen LogP contribution in [-0.4, -0.2) is 29.5 Å². The maximum Gasteiger partial charge on any atom is 0.274 e. The van der Waals surface area contributed by atoms with Crippen molar-refractivity contribution in [2.45, 2.75) is 11.4 Å². The summed E-state index contributed by atoms with van der Waals surface area (Å²) in [7, 11) is -4.00. The molecule has 28 heavy (non-hydrogen) atoms. The molecule has 0 radical (unpaired) electrons. The van der Waals surface area contributed by atoms with E-state index in [4.69, 9.17) is 4.42 Å². The normalized spacial score (nSPS) is 11.4. The second-order valence-electron chi connectivity index (χ2n) is 5.85. The average molecular weight is 397 g/mol. The zero-order valence-electron chi connectivity index (χ0n) is 14.4. The summed E-state index contributed by atoms with van der Waals surface area (Å²) >= 11 is 0. The van der Waals surface area contributed by atoms with Gasteiger partial charge in [0.05, 0.1) is 24.0 Å². The number of fused-ring (bicyclic) bond motifs is 1. The molecule has 0 aliphatic heterocycles. The summed E-state index contributed by atoms with van der Waals surface area (Å²) in [5, 5.41) is 9.66. The van der Waals surface area contributed by atoms with Crippen LogP contribution in [-0.2, 0) is 16.6 Å². The number of anilines is 1. The molecule has 3 N–H and O–H groups in total. The van der Waals surface area contributed by atoms with Gasteiger partial charge in [0.2, 0.25) is 0 Å². The van der Waals surface area contributed by atoms with E-state index in [1.807, 2.05) is 0 Å². The summed E-state index contributed by atoms with van der Waals surface area (Å²) in [5.41, 5.74) is 0.290. The Bertz CT molecular complexity index is 1230. The number of amides is 1. The number of nitrogens with one attached hydrogen (secondary N) is 3. The van der Waals surface area contributed by atoms with E-state index in [9.17, 15) is 13.2 Å². The Hall–Kier alpha value is -3.66. The predicted octanol–water partition coefficient (Wildman–Crippen LogP) is 2.28. The number of benzene rings is 1. The van der Waals surface area contributed by atoms with Gasteiger partial charge in [0.25, 0.3) is 15.9 Å². The lowest BCUT2D eigenvalue weighted by atomic mass is 10.2. The van der Waals surface area contributed by atoms with E-state index in [0.717, 1.165) is 0 Å². The molecule has 0 aliphatic rings. The molecule has 0 bridgehead atoms. The third-order valence-electron chi connectivity index (χ3n) is 3.99. The van der Waals surface area contributed by atoms with Crippen molar-refractivity contribution in [1.29, 1.82) is 0 Å². The van der Waals surface area contributed by atoms with Gasteiger partial charge in [-0.1, -0.05) is 18.2 Å². The number of aromatic nitrogens is 3. The Balaban J connectivity index is 1.59. The molecule has 0 saturated heterocycles. The molecule has 0 aliphatic carbocycles. The fourth-order valence-electron chi connectivity index (χ4n) is 2.70. The SMILES string of the molecule is O=C(NCc1ccco1)c1n[nH]cc1NS(=O)(=O)c1cccc2cccnc12. The van der Waals surface area contributed by atoms with Gasteiger partial charge in [-0.25, -0.2) is 8.42 Å². The van der Waals surface area contributed by atoms with Crippen LogP contribution in [0.2, 0.25) is 0 Å². The summed E-state index contributed by atoms with van der Waals surface area (Å²) in [5.74, 6) is 0.0132. The summed E-state index contributed by atoms with van der Waals surface area (Å²) in [6.45, 7) is 0.151. The van der Waals surface area contributed by atoms with Crippen LogP contribution in [0.5, 0.6) is 0 Å². The molecule has 1 amide bonds. The van der Waals surface area contributed by atoms with Crippen LogP contribution in [0.4, 0.5) is 5.69 Å². The summed E-state index contributed by atoms with van der Waals surface area (Å²) < 4.78 is 33.3. The molecule has 9 nitrogen and oxygen atoms in total. The van der Waals surface area contributed by atoms with Crippen LogP contribution < -0.4 is 10.0 Å². The number of H-pyrrole nitrogens is 1. The van der Waals surface area contributed by atoms with Gasteiger partial charge in [0.15, 0.2) is 5.69 Å². The van der Waals surface area contributed by atoms with Crippen LogP contribution in [0.25, 0.3) is 10.9 Å². The first-order valence-corrected chi connectivity index (χ1v) is 9.74. The van der Waals surface area contributed by atoms with Crippen LogP contribution >= 0.6 is 0 Å². The lowest BCUT2D eigenvalue weighted by Gasteiger charge is -2.10. The lowest BCUT2D eigenvalue weighted by molar-refractivity contribution is 0.0944. The van der Waals surface area contributed by atoms with Crippen molar-refractivity contribution in [3.05, 3.63) is 72.6 Å². The second-order valence-corrected chi connectivity index (χ2v) is 7.50. The predicted molar refractivity (Wildman–Crippen MR) is 101 cm³/mol. The van der Waals surface area contributed by atoms with E-state index in [1.54, 1.807) is 36.4 Å². The van der Waals surface area contributed by atoms with Crippen LogP contribution in [0.1, 0.15) is 16.2 Å². The smallest absolute Gasteiger partial charge is 0.274 e. The number of pyridine rings is 1. The minimum atomic E-state index is -4.00. The number of para-hydroxylation sites is 1. The van der Waals surface area contributed by atoms with Crippen LogP contribution in [0.15, 0.2) is 70.4 Å². The number of sulfonamides is 1. The fourth-order valence-corrected chi connectivity index (χ4v) is 3.94. The van der Waals surface area contributed by atoms with Crippen molar-refractivity contribution in [2.75, 3.05) is 4.72 Å². The quantitative estimate of drug-likeness (QED) is 0.458. The van der Waals surface area contributed by atoms with E-state index >= 15 is 0 Å². The molecular weight excluding hydrogens is 382 g/mol. The van der Waals surface area contributed by atoms with E-state index in [-0.39, 0.29) is 22.8 Å². The van der Waals surface area contributed by atoms with Gasteiger partial charge in [0.1, 0.15) is 10.7 Å². The third kappa shape index (κ3) is 3.45. The standard InChI is InChI=1S/C18H15N5O4S/c24-18(20-10-13-6-3-9-27-13)17-14(11-21-22-17)23-28(25,26)15-7-1-4-12-5-2-8-19-16(12)15/h1-9,11,23H,10H2,(H,20,24)(H,21,22). The Labute approximate surface area is 159 Å². The highest BCUT2D eigenvalue weighted by atomic mass is 32.2. The average Bonchev–Trinajstić information content (AvgIpc) is 3.37. The van der Waals surface area contributed by atoms with Crippen LogP contribution in [0, 0.1) is 0 Å². The van der Waals surface area contributed by atoms with E-state index < -0.39 is 15.9 Å². The van der Waals surface area contributed by atoms with E-state index in [2.05, 4.69) is 25.2 Å². The van der Waals surface area contributed by atoms with Gasteiger partial charge in [-0.15, -0.1) is 0 Å². The molecule has 0 fully saturated rings. The zero-order valence-corrected chi connectivity index (χ0v) is 15.2. The van der Waals surface area contributed by atoms with Crippen molar-refractivity contribution < 1.29 is 17.6 Å². The number of hydrogen-bond acceptors (Lipinski definition) is 6. The molecule has 4 rings (SSSR count). The van der Waals surface area contributed by atoms with Crippen molar-refractivity contribution in [3.63, 3.8) is 0 Å². The van der Waals surface area contributed by atoms with Gasteiger partial charge >= 0.3 is 0 Å². The van der Waals surface area contributed by atoms with Crippen molar-refractivity contribution in [1.82, 2.24) is 20.5 Å². The number of hydrogen-bond donors (Lipinski definition) is 3. The molecule has 1 aromatic carbocycles. The Morgan fingerprint density at radius 1 is 1.14 bits per heavy atom. The second kappa shape index (κ2) is 7.16. The van der Waals surface area contributed by atoms with Crippen molar-refractivity contribution >= 4 is 32.5 Å². The number of furan rings is 1. The lowest BCUT2D eigenvalue weighted by Crippen LogP contribution is -2.25. The fraction of sp³-hybridized carbons (Fsp3) is 0.0556. The van der Waals surface area contributed by atoms with Gasteiger partial charge in [-0.05, 0) is 24.3 Å². The molecule has 0 saturated carbocycles. The molecule has 10 heteroatoms. The Morgan fingerprint density at radius 2 is 2.00 bits per heavy atom. The van der Waals surface area contributed by atoms with Crippen LogP contribution in [0.3, 0.4) is 0 Å². The minimum Gasteiger partial charge on any atom is -0.467 e. The molecule has 3 aromatic heterocycles. The number of aromatic amines is 1. The molecule has 142 valence electrons. The Kier molecular flexibility index (Phi) is 4.53. The first-order valence-electron chi connectivity index (χ1n) is 8.25. The summed E-state index contributed by atoms with van der Waals surface area (Å²) in [4.78, 5) is 16.5. The molecule has 0 unspecified atom stereocenters. The van der Waals surface area contributed by atoms with Crippen molar-refractivity contribution in [3.8, 4) is 0 Å². The largest absolute Gasteiger partial charge is 0.467 e. The zero-order chi connectivity index (χ0) is 19.6. The number of carbonyl (C=O) groups is 1.